The van der Waals surface area contributed by atoms with Crippen molar-refractivity contribution in [2.75, 3.05) is 6.61 Å². The maximum absolute atomic E-state index is 12.4. The molecule has 164 valence electrons. The number of esters is 1. The molecule has 0 radical (unpaired) electrons. The quantitative estimate of drug-likeness (QED) is 0.186. The average Bonchev–Trinajstić information content (AvgIpc) is 3.21. The fourth-order valence-corrected chi connectivity index (χ4v) is 2.68. The number of aryl methyl sites for hydroxylation is 1. The Morgan fingerprint density at radius 3 is 2.53 bits per heavy atom. The maximum Gasteiger partial charge on any atom is 0.343 e. The van der Waals surface area contributed by atoms with Crippen LogP contribution >= 0.6 is 0 Å². The van der Waals surface area contributed by atoms with Gasteiger partial charge in [0.05, 0.1) is 35.1 Å². The summed E-state index contributed by atoms with van der Waals surface area (Å²) in [6, 6.07) is 11.4. The molecule has 0 spiro atoms. The van der Waals surface area contributed by atoms with E-state index in [0.717, 1.165) is 0 Å². The summed E-state index contributed by atoms with van der Waals surface area (Å²) in [6.07, 6.45) is 2.83. The first-order valence-corrected chi connectivity index (χ1v) is 9.50. The maximum atomic E-state index is 12.4. The Kier molecular flexibility index (Phi) is 6.96. The summed E-state index contributed by atoms with van der Waals surface area (Å²) < 4.78 is 16.0. The monoisotopic (exact) mass is 437 g/mol. The van der Waals surface area contributed by atoms with E-state index < -0.39 is 16.8 Å². The molecular formula is C22H19N3O7. The van der Waals surface area contributed by atoms with Crippen LogP contribution in [0.25, 0.3) is 0 Å². The molecule has 0 saturated carbocycles. The second-order valence-electron chi connectivity index (χ2n) is 6.42. The number of carbonyl (C=O) groups excluding carboxylic acids is 2. The normalized spacial score (nSPS) is 10.7. The lowest BCUT2D eigenvalue weighted by Gasteiger charge is -2.11. The molecule has 32 heavy (non-hydrogen) atoms. The molecule has 1 N–H and O–H groups in total. The van der Waals surface area contributed by atoms with Crippen molar-refractivity contribution in [3.05, 3.63) is 87.4 Å². The van der Waals surface area contributed by atoms with Crippen LogP contribution in [-0.4, -0.2) is 29.6 Å². The van der Waals surface area contributed by atoms with Crippen molar-refractivity contribution in [1.82, 2.24) is 5.43 Å². The molecule has 0 aliphatic heterocycles. The van der Waals surface area contributed by atoms with E-state index in [1.807, 2.05) is 0 Å². The highest BCUT2D eigenvalue weighted by Crippen LogP contribution is 2.29. The summed E-state index contributed by atoms with van der Waals surface area (Å²) in [5, 5.41) is 14.7. The molecule has 0 saturated heterocycles. The minimum absolute atomic E-state index is 0.129. The number of nitro groups is 1. The number of ether oxygens (including phenoxy) is 2. The molecule has 3 rings (SSSR count). The summed E-state index contributed by atoms with van der Waals surface area (Å²) in [6.45, 7) is 3.76. The largest absolute Gasteiger partial charge is 0.490 e. The molecule has 10 heteroatoms. The van der Waals surface area contributed by atoms with Crippen molar-refractivity contribution in [3.8, 4) is 11.5 Å². The van der Waals surface area contributed by atoms with Crippen molar-refractivity contribution in [2.24, 2.45) is 5.10 Å². The first-order valence-electron chi connectivity index (χ1n) is 9.50. The van der Waals surface area contributed by atoms with Crippen LogP contribution in [0.15, 0.2) is 64.3 Å². The lowest BCUT2D eigenvalue weighted by atomic mass is 10.2. The van der Waals surface area contributed by atoms with E-state index in [1.54, 1.807) is 32.0 Å². The molecule has 1 amide bonds. The van der Waals surface area contributed by atoms with E-state index in [4.69, 9.17) is 13.9 Å². The lowest BCUT2D eigenvalue weighted by molar-refractivity contribution is -0.384. The Morgan fingerprint density at radius 2 is 1.91 bits per heavy atom. The molecule has 0 aliphatic carbocycles. The second-order valence-corrected chi connectivity index (χ2v) is 6.42. The van der Waals surface area contributed by atoms with Gasteiger partial charge in [0.25, 0.3) is 11.6 Å². The van der Waals surface area contributed by atoms with Gasteiger partial charge < -0.3 is 13.9 Å². The Labute approximate surface area is 182 Å². The predicted molar refractivity (Wildman–Crippen MR) is 114 cm³/mol. The highest BCUT2D eigenvalue weighted by Gasteiger charge is 2.15. The first-order chi connectivity index (χ1) is 15.4. The summed E-state index contributed by atoms with van der Waals surface area (Å²) in [5.74, 6) is -0.152. The number of nitro benzene ring substituents is 1. The molecule has 1 aromatic heterocycles. The summed E-state index contributed by atoms with van der Waals surface area (Å²) in [7, 11) is 0. The fourth-order valence-electron chi connectivity index (χ4n) is 2.68. The molecule has 0 atom stereocenters. The summed E-state index contributed by atoms with van der Waals surface area (Å²) >= 11 is 0. The molecule has 0 unspecified atom stereocenters. The Morgan fingerprint density at radius 1 is 1.16 bits per heavy atom. The van der Waals surface area contributed by atoms with Crippen molar-refractivity contribution in [3.63, 3.8) is 0 Å². The van der Waals surface area contributed by atoms with E-state index in [2.05, 4.69) is 10.5 Å². The lowest BCUT2D eigenvalue weighted by Crippen LogP contribution is -2.17. The minimum Gasteiger partial charge on any atom is -0.490 e. The van der Waals surface area contributed by atoms with Crippen LogP contribution in [0.5, 0.6) is 11.5 Å². The van der Waals surface area contributed by atoms with Gasteiger partial charge in [0.15, 0.2) is 11.5 Å². The molecule has 0 fully saturated rings. The zero-order valence-corrected chi connectivity index (χ0v) is 17.2. The van der Waals surface area contributed by atoms with Gasteiger partial charge in [-0.1, -0.05) is 0 Å². The van der Waals surface area contributed by atoms with Crippen LogP contribution < -0.4 is 14.9 Å². The molecule has 3 aromatic rings. The number of non-ortho nitro benzene ring substituents is 1. The number of benzene rings is 2. The average molecular weight is 437 g/mol. The molecule has 0 bridgehead atoms. The van der Waals surface area contributed by atoms with Gasteiger partial charge in [-0.2, -0.15) is 5.10 Å². The highest BCUT2D eigenvalue weighted by molar-refractivity contribution is 5.95. The van der Waals surface area contributed by atoms with Crippen LogP contribution in [0.4, 0.5) is 5.69 Å². The van der Waals surface area contributed by atoms with Crippen LogP contribution in [-0.2, 0) is 0 Å². The molecule has 2 aromatic carbocycles. The minimum atomic E-state index is -0.690. The smallest absolute Gasteiger partial charge is 0.343 e. The summed E-state index contributed by atoms with van der Waals surface area (Å²) in [4.78, 5) is 34.6. The van der Waals surface area contributed by atoms with Gasteiger partial charge in [-0.05, 0) is 55.8 Å². The van der Waals surface area contributed by atoms with Gasteiger partial charge in [0.2, 0.25) is 0 Å². The van der Waals surface area contributed by atoms with Gasteiger partial charge in [0, 0.05) is 12.1 Å². The zero-order chi connectivity index (χ0) is 23.1. The van der Waals surface area contributed by atoms with Crippen LogP contribution in [0.2, 0.25) is 0 Å². The summed E-state index contributed by atoms with van der Waals surface area (Å²) in [5.41, 5.74) is 3.40. The topological polar surface area (TPSA) is 133 Å². The molecular weight excluding hydrogens is 418 g/mol. The van der Waals surface area contributed by atoms with Gasteiger partial charge in [-0.25, -0.2) is 10.2 Å². The number of furan rings is 1. The van der Waals surface area contributed by atoms with Crippen LogP contribution in [0.1, 0.15) is 39.0 Å². The SMILES string of the molecule is CCOc1cc(C=NNC(=O)c2ccoc2C)ccc1OC(=O)c1ccc([N+](=O)[O-])cc1. The highest BCUT2D eigenvalue weighted by atomic mass is 16.6. The standard InChI is InChI=1S/C22H19N3O7/c1-3-30-20-12-15(13-23-24-21(26)18-10-11-31-14(18)2)4-9-19(20)32-22(27)16-5-7-17(8-6-16)25(28)29/h4-13H,3H2,1-2H3,(H,24,26). The van der Waals surface area contributed by atoms with Crippen molar-refractivity contribution in [1.29, 1.82) is 0 Å². The van der Waals surface area contributed by atoms with Crippen molar-refractivity contribution >= 4 is 23.8 Å². The van der Waals surface area contributed by atoms with Gasteiger partial charge in [-0.15, -0.1) is 0 Å². The predicted octanol–water partition coefficient (Wildman–Crippen LogP) is 3.88. The third-order valence-corrected chi connectivity index (χ3v) is 4.27. The Balaban J connectivity index is 1.71. The number of nitrogens with one attached hydrogen (secondary N) is 1. The molecule has 1 heterocycles. The number of hydrogen-bond donors (Lipinski definition) is 1. The number of carbonyl (C=O) groups is 2. The Hall–Kier alpha value is -4.47. The number of hydrazone groups is 1. The first kappa shape index (κ1) is 22.2. The van der Waals surface area contributed by atoms with E-state index in [9.17, 15) is 19.7 Å². The van der Waals surface area contributed by atoms with Crippen LogP contribution in [0.3, 0.4) is 0 Å². The van der Waals surface area contributed by atoms with E-state index in [-0.39, 0.29) is 17.0 Å². The van der Waals surface area contributed by atoms with Crippen molar-refractivity contribution < 1.29 is 28.4 Å². The third kappa shape index (κ3) is 5.36. The van der Waals surface area contributed by atoms with Gasteiger partial charge in [0.1, 0.15) is 5.76 Å². The van der Waals surface area contributed by atoms with E-state index in [0.29, 0.717) is 29.2 Å². The number of amides is 1. The Bertz CT molecular complexity index is 1170. The van der Waals surface area contributed by atoms with Crippen LogP contribution in [0, 0.1) is 17.0 Å². The molecule has 10 nitrogen and oxygen atoms in total. The van der Waals surface area contributed by atoms with Crippen molar-refractivity contribution in [2.45, 2.75) is 13.8 Å². The fraction of sp³-hybridized carbons (Fsp3) is 0.136. The van der Waals surface area contributed by atoms with Gasteiger partial charge in [-0.3, -0.25) is 14.9 Å². The van der Waals surface area contributed by atoms with Gasteiger partial charge >= 0.3 is 5.97 Å². The second kappa shape index (κ2) is 10.0. The molecule has 0 aliphatic rings. The number of nitrogens with zero attached hydrogens (tertiary/aromatic N) is 2. The van der Waals surface area contributed by atoms with E-state index in [1.165, 1.54) is 42.8 Å². The van der Waals surface area contributed by atoms with E-state index >= 15 is 0 Å². The number of hydrogen-bond acceptors (Lipinski definition) is 8. The zero-order valence-electron chi connectivity index (χ0n) is 17.2. The number of rotatable bonds is 8. The third-order valence-electron chi connectivity index (χ3n) is 4.27.